The molecule has 17 heavy (non-hydrogen) atoms. The zero-order valence-electron chi connectivity index (χ0n) is 10.9. The van der Waals surface area contributed by atoms with Gasteiger partial charge < -0.3 is 20.6 Å². The number of hydrogen-bond acceptors (Lipinski definition) is 4. The smallest absolute Gasteiger partial charge is 0.320 e. The largest absolute Gasteiger partial charge is 0.480 e. The van der Waals surface area contributed by atoms with Crippen LogP contribution in [0.5, 0.6) is 0 Å². The fraction of sp³-hybridized carbons (Fsp3) is 0.917. The summed E-state index contributed by atoms with van der Waals surface area (Å²) in [5.74, 6) is -0.157. The highest BCUT2D eigenvalue weighted by Crippen LogP contribution is 2.16. The molecule has 100 valence electrons. The summed E-state index contributed by atoms with van der Waals surface area (Å²) in [6.07, 6.45) is 3.01. The average molecular weight is 243 g/mol. The number of carboxylic acid groups (broad SMARTS) is 1. The van der Waals surface area contributed by atoms with Gasteiger partial charge in [-0.2, -0.15) is 0 Å². The first-order valence-corrected chi connectivity index (χ1v) is 6.34. The predicted octanol–water partition coefficient (Wildman–Crippen LogP) is 0.0620. The van der Waals surface area contributed by atoms with Gasteiger partial charge in [0.05, 0.1) is 0 Å². The highest BCUT2D eigenvalue weighted by Gasteiger charge is 2.19. The van der Waals surface area contributed by atoms with Crippen molar-refractivity contribution in [1.29, 1.82) is 0 Å². The average Bonchev–Trinajstić information content (AvgIpc) is 2.29. The molecule has 0 bridgehead atoms. The van der Waals surface area contributed by atoms with E-state index in [9.17, 15) is 4.79 Å². The minimum atomic E-state index is -0.905. The van der Waals surface area contributed by atoms with E-state index in [0.717, 1.165) is 19.0 Å². The van der Waals surface area contributed by atoms with E-state index in [4.69, 9.17) is 10.8 Å². The molecule has 0 amide bonds. The third-order valence-electron chi connectivity index (χ3n) is 3.55. The summed E-state index contributed by atoms with van der Waals surface area (Å²) in [5.41, 5.74) is 5.48. The van der Waals surface area contributed by atoms with Gasteiger partial charge >= 0.3 is 5.97 Å². The highest BCUT2D eigenvalue weighted by atomic mass is 16.4. The molecule has 0 aromatic carbocycles. The number of nitrogens with two attached hydrogens (primary N) is 1. The number of carbonyl (C=O) groups is 1. The number of aliphatic carboxylic acids is 1. The second-order valence-electron chi connectivity index (χ2n) is 5.24. The fourth-order valence-electron chi connectivity index (χ4n) is 2.26. The van der Waals surface area contributed by atoms with E-state index < -0.39 is 12.0 Å². The minimum Gasteiger partial charge on any atom is -0.480 e. The zero-order valence-corrected chi connectivity index (χ0v) is 10.9. The molecule has 3 N–H and O–H groups in total. The lowest BCUT2D eigenvalue weighted by Crippen LogP contribution is -2.38. The molecule has 1 heterocycles. The highest BCUT2D eigenvalue weighted by molar-refractivity contribution is 5.72. The van der Waals surface area contributed by atoms with E-state index in [-0.39, 0.29) is 0 Å². The Balaban J connectivity index is 2.16. The Morgan fingerprint density at radius 2 is 2.12 bits per heavy atom. The maximum atomic E-state index is 10.6. The summed E-state index contributed by atoms with van der Waals surface area (Å²) >= 11 is 0. The molecule has 1 atom stereocenters. The van der Waals surface area contributed by atoms with Gasteiger partial charge in [-0.3, -0.25) is 4.79 Å². The van der Waals surface area contributed by atoms with Crippen molar-refractivity contribution in [2.24, 2.45) is 11.7 Å². The summed E-state index contributed by atoms with van der Waals surface area (Å²) in [4.78, 5) is 15.2. The first-order chi connectivity index (χ1) is 7.99. The summed E-state index contributed by atoms with van der Waals surface area (Å²) in [5, 5.41) is 8.70. The lowest BCUT2D eigenvalue weighted by molar-refractivity contribution is -0.138. The van der Waals surface area contributed by atoms with Crippen LogP contribution in [0.25, 0.3) is 0 Å². The molecule has 0 aromatic rings. The molecule has 0 spiro atoms. The van der Waals surface area contributed by atoms with E-state index in [2.05, 4.69) is 16.8 Å². The van der Waals surface area contributed by atoms with Crippen molar-refractivity contribution >= 4 is 5.97 Å². The Hall–Kier alpha value is -0.650. The molecule has 5 heteroatoms. The molecule has 1 saturated heterocycles. The molecular weight excluding hydrogens is 218 g/mol. The van der Waals surface area contributed by atoms with Crippen LogP contribution in [0, 0.1) is 5.92 Å². The summed E-state index contributed by atoms with van der Waals surface area (Å²) < 4.78 is 0. The lowest BCUT2D eigenvalue weighted by Gasteiger charge is -2.31. The number of hydrogen-bond donors (Lipinski definition) is 2. The fourth-order valence-corrected chi connectivity index (χ4v) is 2.26. The Morgan fingerprint density at radius 1 is 1.53 bits per heavy atom. The minimum absolute atomic E-state index is 0.526. The monoisotopic (exact) mass is 243 g/mol. The van der Waals surface area contributed by atoms with Gasteiger partial charge in [0.1, 0.15) is 6.04 Å². The van der Waals surface area contributed by atoms with Crippen LogP contribution in [0.15, 0.2) is 0 Å². The molecule has 1 fully saturated rings. The molecule has 0 saturated carbocycles. The molecule has 1 aliphatic rings. The molecule has 1 unspecified atom stereocenters. The third-order valence-corrected chi connectivity index (χ3v) is 3.55. The Kier molecular flexibility index (Phi) is 5.88. The lowest BCUT2D eigenvalue weighted by atomic mass is 9.96. The molecule has 1 rings (SSSR count). The SMILES string of the molecule is CN1CCC(CN(C)CCC(N)C(=O)O)CC1. The number of carboxylic acids is 1. The Labute approximate surface area is 104 Å². The van der Waals surface area contributed by atoms with Gasteiger partial charge in [-0.15, -0.1) is 0 Å². The van der Waals surface area contributed by atoms with Crippen LogP contribution in [-0.2, 0) is 4.79 Å². The molecule has 0 aliphatic carbocycles. The first-order valence-electron chi connectivity index (χ1n) is 6.34. The topological polar surface area (TPSA) is 69.8 Å². The molecule has 1 aliphatic heterocycles. The number of nitrogens with zero attached hydrogens (tertiary/aromatic N) is 2. The van der Waals surface area contributed by atoms with E-state index in [1.807, 2.05) is 7.05 Å². The second kappa shape index (κ2) is 6.93. The van der Waals surface area contributed by atoms with Gasteiger partial charge in [0, 0.05) is 6.54 Å². The Bertz CT molecular complexity index is 240. The summed E-state index contributed by atoms with van der Waals surface area (Å²) in [6.45, 7) is 4.17. The standard InChI is InChI=1S/C12H25N3O2/c1-14-6-3-10(4-7-14)9-15(2)8-5-11(13)12(16)17/h10-11H,3-9,13H2,1-2H3,(H,16,17). The number of likely N-dealkylation sites (tertiary alicyclic amines) is 1. The Morgan fingerprint density at radius 3 is 2.65 bits per heavy atom. The van der Waals surface area contributed by atoms with Crippen molar-refractivity contribution in [3.05, 3.63) is 0 Å². The normalized spacial score (nSPS) is 20.7. The van der Waals surface area contributed by atoms with Crippen LogP contribution in [0.4, 0.5) is 0 Å². The van der Waals surface area contributed by atoms with E-state index in [0.29, 0.717) is 6.42 Å². The van der Waals surface area contributed by atoms with Crippen molar-refractivity contribution in [2.75, 3.05) is 40.3 Å². The molecule has 0 radical (unpaired) electrons. The molecule has 0 aromatic heterocycles. The number of rotatable bonds is 6. The zero-order chi connectivity index (χ0) is 12.8. The van der Waals surface area contributed by atoms with Crippen LogP contribution in [0.2, 0.25) is 0 Å². The summed E-state index contributed by atoms with van der Waals surface area (Å²) in [7, 11) is 4.21. The van der Waals surface area contributed by atoms with Gasteiger partial charge in [0.15, 0.2) is 0 Å². The third kappa shape index (κ3) is 5.48. The van der Waals surface area contributed by atoms with E-state index in [1.165, 1.54) is 25.9 Å². The quantitative estimate of drug-likeness (QED) is 0.690. The first kappa shape index (κ1) is 14.4. The van der Waals surface area contributed by atoms with Gasteiger partial charge in [-0.1, -0.05) is 0 Å². The van der Waals surface area contributed by atoms with Crippen molar-refractivity contribution in [2.45, 2.75) is 25.3 Å². The van der Waals surface area contributed by atoms with Gasteiger partial charge in [-0.05, 0) is 58.9 Å². The van der Waals surface area contributed by atoms with Crippen LogP contribution in [-0.4, -0.2) is 67.2 Å². The van der Waals surface area contributed by atoms with Crippen LogP contribution in [0.3, 0.4) is 0 Å². The van der Waals surface area contributed by atoms with Crippen molar-refractivity contribution in [3.8, 4) is 0 Å². The maximum Gasteiger partial charge on any atom is 0.320 e. The van der Waals surface area contributed by atoms with Crippen LogP contribution < -0.4 is 5.73 Å². The molecular formula is C12H25N3O2. The van der Waals surface area contributed by atoms with E-state index >= 15 is 0 Å². The van der Waals surface area contributed by atoms with Crippen molar-refractivity contribution < 1.29 is 9.90 Å². The van der Waals surface area contributed by atoms with Crippen molar-refractivity contribution in [1.82, 2.24) is 9.80 Å². The van der Waals surface area contributed by atoms with E-state index in [1.54, 1.807) is 0 Å². The summed E-state index contributed by atoms with van der Waals surface area (Å²) in [6, 6.07) is -0.727. The van der Waals surface area contributed by atoms with Crippen LogP contribution >= 0.6 is 0 Å². The predicted molar refractivity (Wildman–Crippen MR) is 67.9 cm³/mol. The number of piperidine rings is 1. The van der Waals surface area contributed by atoms with Gasteiger partial charge in [0.25, 0.3) is 0 Å². The maximum absolute atomic E-state index is 10.6. The molecule has 5 nitrogen and oxygen atoms in total. The van der Waals surface area contributed by atoms with Crippen LogP contribution in [0.1, 0.15) is 19.3 Å². The van der Waals surface area contributed by atoms with Crippen molar-refractivity contribution in [3.63, 3.8) is 0 Å². The second-order valence-corrected chi connectivity index (χ2v) is 5.24. The van der Waals surface area contributed by atoms with Gasteiger partial charge in [-0.25, -0.2) is 0 Å². The van der Waals surface area contributed by atoms with Gasteiger partial charge in [0.2, 0.25) is 0 Å².